The van der Waals surface area contributed by atoms with Gasteiger partial charge < -0.3 is 4.74 Å². The van der Waals surface area contributed by atoms with Crippen LogP contribution in [-0.4, -0.2) is 10.1 Å². The molecule has 25 heavy (non-hydrogen) atoms. The third kappa shape index (κ3) is 12.9. The monoisotopic (exact) mass is 384 g/mol. The Morgan fingerprint density at radius 2 is 1.08 bits per heavy atom. The Hall–Kier alpha value is -0.0200. The molecule has 1 nitrogen and oxygen atoms in total. The highest BCUT2D eigenvalue weighted by atomic mass is 32.1. The summed E-state index contributed by atoms with van der Waals surface area (Å²) in [7, 11) is 0. The van der Waals surface area contributed by atoms with Crippen LogP contribution < -0.4 is 0 Å². The molecule has 0 saturated carbocycles. The molecule has 1 atom stereocenters. The van der Waals surface area contributed by atoms with Crippen LogP contribution in [0.3, 0.4) is 0 Å². The van der Waals surface area contributed by atoms with Crippen molar-refractivity contribution in [3.05, 3.63) is 0 Å². The second-order valence-electron chi connectivity index (χ2n) is 7.79. The molecule has 0 aromatic heterocycles. The maximum atomic E-state index is 5.32. The largest absolute Gasteiger partial charge is 0.443 e. The molecule has 0 radical (unpaired) electrons. The molecule has 0 spiro atoms. The first-order valence-electron chi connectivity index (χ1n) is 11.0. The van der Waals surface area contributed by atoms with Crippen LogP contribution in [0.15, 0.2) is 0 Å². The molecule has 1 heterocycles. The molecule has 0 aromatic rings. The molecule has 1 unspecified atom stereocenters. The number of unbranched alkanes of at least 4 members (excludes halogenated alkanes) is 15. The van der Waals surface area contributed by atoms with E-state index < -0.39 is 0 Å². The fraction of sp³-hybridized carbons (Fsp3) is 0.909. The fourth-order valence-electron chi connectivity index (χ4n) is 3.68. The molecule has 146 valence electrons. The highest BCUT2D eigenvalue weighted by Gasteiger charge is 2.26. The van der Waals surface area contributed by atoms with Gasteiger partial charge in [-0.25, -0.2) is 0 Å². The maximum Gasteiger partial charge on any atom is 0.171 e. The lowest BCUT2D eigenvalue weighted by molar-refractivity contribution is 0.513. The first-order valence-corrected chi connectivity index (χ1v) is 11.8. The van der Waals surface area contributed by atoms with Crippen molar-refractivity contribution in [3.8, 4) is 0 Å². The number of hydrogen-bond acceptors (Lipinski definition) is 3. The van der Waals surface area contributed by atoms with Crippen molar-refractivity contribution in [3.63, 3.8) is 0 Å². The van der Waals surface area contributed by atoms with Crippen molar-refractivity contribution < 1.29 is 4.74 Å². The lowest BCUT2D eigenvalue weighted by Crippen LogP contribution is -2.04. The molecule has 1 saturated heterocycles. The van der Waals surface area contributed by atoms with Crippen molar-refractivity contribution in [1.29, 1.82) is 0 Å². The quantitative estimate of drug-likeness (QED) is 0.184. The topological polar surface area (TPSA) is 9.23 Å². The Morgan fingerprint density at radius 1 is 0.680 bits per heavy atom. The summed E-state index contributed by atoms with van der Waals surface area (Å²) in [6, 6.07) is 0. The summed E-state index contributed by atoms with van der Waals surface area (Å²) in [6.07, 6.45) is 24.7. The maximum absolute atomic E-state index is 5.32. The van der Waals surface area contributed by atoms with E-state index in [0.717, 1.165) is 17.9 Å². The minimum Gasteiger partial charge on any atom is -0.443 e. The highest BCUT2D eigenvalue weighted by Crippen LogP contribution is 2.24. The first-order chi connectivity index (χ1) is 12.2. The van der Waals surface area contributed by atoms with Gasteiger partial charge >= 0.3 is 0 Å². The molecule has 1 fully saturated rings. The third-order valence-electron chi connectivity index (χ3n) is 5.37. The molecule has 3 heteroatoms. The molecule has 0 aliphatic carbocycles. The van der Waals surface area contributed by atoms with Gasteiger partial charge in [-0.05, 0) is 30.9 Å². The molecular weight excluding hydrogens is 344 g/mol. The summed E-state index contributed by atoms with van der Waals surface area (Å²) in [4.78, 5) is 0. The SMILES string of the molecule is CCCCCCCCCCCCCCCCCCC1CC(=S)OC1=S. The van der Waals surface area contributed by atoms with E-state index >= 15 is 0 Å². The predicted molar refractivity (Wildman–Crippen MR) is 119 cm³/mol. The number of ether oxygens (including phenoxy) is 1. The van der Waals surface area contributed by atoms with Crippen LogP contribution in [0.25, 0.3) is 0 Å². The van der Waals surface area contributed by atoms with Crippen molar-refractivity contribution in [2.75, 3.05) is 0 Å². The lowest BCUT2D eigenvalue weighted by Gasteiger charge is -2.06. The van der Waals surface area contributed by atoms with Gasteiger partial charge in [-0.15, -0.1) is 0 Å². The summed E-state index contributed by atoms with van der Waals surface area (Å²) < 4.78 is 5.32. The van der Waals surface area contributed by atoms with E-state index in [4.69, 9.17) is 29.2 Å². The number of rotatable bonds is 17. The zero-order chi connectivity index (χ0) is 18.2. The second-order valence-corrected chi connectivity index (χ2v) is 8.64. The molecule has 0 N–H and O–H groups in total. The van der Waals surface area contributed by atoms with E-state index in [0.29, 0.717) is 11.0 Å². The predicted octanol–water partition coefficient (Wildman–Crippen LogP) is 8.33. The lowest BCUT2D eigenvalue weighted by atomic mass is 9.99. The fourth-order valence-corrected chi connectivity index (χ4v) is 4.33. The summed E-state index contributed by atoms with van der Waals surface area (Å²) in [5, 5.41) is 1.44. The van der Waals surface area contributed by atoms with Gasteiger partial charge in [-0.1, -0.05) is 110 Å². The van der Waals surface area contributed by atoms with Crippen LogP contribution in [0.1, 0.15) is 122 Å². The smallest absolute Gasteiger partial charge is 0.171 e. The molecule has 1 aliphatic heterocycles. The minimum atomic E-state index is 0.425. The molecular formula is C22H40OS2. The van der Waals surface area contributed by atoms with E-state index in [9.17, 15) is 0 Å². The normalized spacial score (nSPS) is 17.2. The highest BCUT2D eigenvalue weighted by molar-refractivity contribution is 7.81. The zero-order valence-electron chi connectivity index (χ0n) is 16.5. The van der Waals surface area contributed by atoms with Crippen LogP contribution in [0.5, 0.6) is 0 Å². The van der Waals surface area contributed by atoms with Gasteiger partial charge in [0.25, 0.3) is 0 Å². The second kappa shape index (κ2) is 16.2. The minimum absolute atomic E-state index is 0.425. The molecule has 0 aromatic carbocycles. The Balaban J connectivity index is 1.72. The first kappa shape index (κ1) is 23.0. The van der Waals surface area contributed by atoms with Crippen molar-refractivity contribution >= 4 is 34.5 Å². The molecule has 1 rings (SSSR count). The van der Waals surface area contributed by atoms with Crippen molar-refractivity contribution in [1.82, 2.24) is 0 Å². The van der Waals surface area contributed by atoms with E-state index in [1.165, 1.54) is 103 Å². The Morgan fingerprint density at radius 3 is 1.44 bits per heavy atom. The number of thiocarbonyl (C=S) groups is 2. The summed E-state index contributed by atoms with van der Waals surface area (Å²) in [5.74, 6) is 0.425. The van der Waals surface area contributed by atoms with Crippen LogP contribution in [0.4, 0.5) is 0 Å². The van der Waals surface area contributed by atoms with Gasteiger partial charge in [-0.2, -0.15) is 0 Å². The van der Waals surface area contributed by atoms with Crippen LogP contribution >= 0.6 is 24.4 Å². The average Bonchev–Trinajstić information content (AvgIpc) is 2.92. The van der Waals surface area contributed by atoms with Crippen LogP contribution in [0, 0.1) is 5.92 Å². The average molecular weight is 385 g/mol. The summed E-state index contributed by atoms with van der Waals surface area (Å²) in [6.45, 7) is 2.29. The van der Waals surface area contributed by atoms with Crippen molar-refractivity contribution in [2.24, 2.45) is 5.92 Å². The Kier molecular flexibility index (Phi) is 14.9. The molecule has 1 aliphatic rings. The zero-order valence-corrected chi connectivity index (χ0v) is 18.2. The van der Waals surface area contributed by atoms with E-state index in [1.54, 1.807) is 0 Å². The van der Waals surface area contributed by atoms with E-state index in [-0.39, 0.29) is 0 Å². The summed E-state index contributed by atoms with van der Waals surface area (Å²) in [5.41, 5.74) is 0. The molecule has 0 amide bonds. The van der Waals surface area contributed by atoms with Gasteiger partial charge in [0.05, 0.1) is 0 Å². The Bertz CT molecular complexity index is 354. The van der Waals surface area contributed by atoms with Crippen LogP contribution in [-0.2, 0) is 4.74 Å². The van der Waals surface area contributed by atoms with Crippen molar-refractivity contribution in [2.45, 2.75) is 122 Å². The standard InChI is InChI=1S/C22H40OS2/c1-2-3-4-5-6-7-8-9-10-11-12-13-14-15-16-17-18-20-19-21(24)23-22(20)25/h20H,2-19H2,1H3. The van der Waals surface area contributed by atoms with Gasteiger partial charge in [-0.3, -0.25) is 0 Å². The van der Waals surface area contributed by atoms with Crippen LogP contribution in [0.2, 0.25) is 0 Å². The van der Waals surface area contributed by atoms with Gasteiger partial charge in [0.2, 0.25) is 0 Å². The molecule has 0 bridgehead atoms. The van der Waals surface area contributed by atoms with Gasteiger partial charge in [0.1, 0.15) is 0 Å². The third-order valence-corrected chi connectivity index (χ3v) is 6.03. The van der Waals surface area contributed by atoms with Gasteiger partial charge in [0.15, 0.2) is 10.1 Å². The van der Waals surface area contributed by atoms with E-state index in [2.05, 4.69) is 6.92 Å². The summed E-state index contributed by atoms with van der Waals surface area (Å²) >= 11 is 10.3. The Labute approximate surface area is 167 Å². The van der Waals surface area contributed by atoms with Gasteiger partial charge in [0, 0.05) is 12.3 Å². The van der Waals surface area contributed by atoms with E-state index in [1.807, 2.05) is 0 Å². The number of hydrogen-bond donors (Lipinski definition) is 0.